The maximum Gasteiger partial charge on any atom is 0.225 e. The van der Waals surface area contributed by atoms with Gasteiger partial charge in [0.15, 0.2) is 0 Å². The van der Waals surface area contributed by atoms with E-state index in [9.17, 15) is 14.1 Å². The number of amides is 1. The molecule has 2 N–H and O–H groups in total. The molecule has 0 aliphatic carbocycles. The topological polar surface area (TPSA) is 66.4 Å². The molecule has 34 heavy (non-hydrogen) atoms. The lowest BCUT2D eigenvalue weighted by atomic mass is 9.97. The Bertz CT molecular complexity index is 1250. The molecule has 0 spiro atoms. The summed E-state index contributed by atoms with van der Waals surface area (Å²) >= 11 is 0. The largest absolute Gasteiger partial charge is 0.507 e. The number of aromatic hydroxyl groups is 1. The summed E-state index contributed by atoms with van der Waals surface area (Å²) in [5, 5.41) is 14.0. The fourth-order valence-electron chi connectivity index (χ4n) is 3.93. The van der Waals surface area contributed by atoms with Crippen LogP contribution in [0.1, 0.15) is 17.5 Å². The summed E-state index contributed by atoms with van der Waals surface area (Å²) in [4.78, 5) is 13.2. The molecule has 4 aromatic rings. The van der Waals surface area contributed by atoms with Crippen LogP contribution in [0.4, 0.5) is 5.69 Å². The molecular formula is C29H27NO3S. The highest BCUT2D eigenvalue weighted by Gasteiger charge is 2.17. The number of rotatable bonds is 7. The summed E-state index contributed by atoms with van der Waals surface area (Å²) in [5.74, 6) is 0.159. The Labute approximate surface area is 202 Å². The van der Waals surface area contributed by atoms with Crippen LogP contribution in [0.25, 0.3) is 22.3 Å². The summed E-state index contributed by atoms with van der Waals surface area (Å²) in [7, 11) is -1.42. The molecular weight excluding hydrogens is 442 g/mol. The molecule has 4 nitrogen and oxygen atoms in total. The minimum absolute atomic E-state index is 0.128. The lowest BCUT2D eigenvalue weighted by Gasteiger charge is -2.14. The van der Waals surface area contributed by atoms with E-state index < -0.39 is 10.8 Å². The zero-order valence-corrected chi connectivity index (χ0v) is 20.1. The van der Waals surface area contributed by atoms with E-state index in [1.165, 1.54) is 0 Å². The maximum atomic E-state index is 13.3. The maximum absolute atomic E-state index is 13.3. The van der Waals surface area contributed by atoms with E-state index in [0.717, 1.165) is 27.9 Å². The third kappa shape index (κ3) is 5.26. The third-order valence-corrected chi connectivity index (χ3v) is 7.11. The number of hydrogen-bond donors (Lipinski definition) is 2. The van der Waals surface area contributed by atoms with Crippen LogP contribution in [0, 0.1) is 13.8 Å². The first-order valence-electron chi connectivity index (χ1n) is 11.2. The van der Waals surface area contributed by atoms with Crippen molar-refractivity contribution in [2.24, 2.45) is 0 Å². The number of aryl methyl sites for hydroxylation is 2. The normalized spacial score (nSPS) is 11.7. The zero-order valence-electron chi connectivity index (χ0n) is 19.2. The van der Waals surface area contributed by atoms with Gasteiger partial charge in [0.1, 0.15) is 5.75 Å². The van der Waals surface area contributed by atoms with E-state index in [1.807, 2.05) is 92.7 Å². The van der Waals surface area contributed by atoms with Crippen molar-refractivity contribution in [3.05, 3.63) is 102 Å². The third-order valence-electron chi connectivity index (χ3n) is 5.78. The highest BCUT2D eigenvalue weighted by molar-refractivity contribution is 7.85. The van der Waals surface area contributed by atoms with Crippen molar-refractivity contribution in [3.63, 3.8) is 0 Å². The molecule has 0 fully saturated rings. The number of phenols is 1. The van der Waals surface area contributed by atoms with Crippen LogP contribution in [0.5, 0.6) is 5.75 Å². The minimum Gasteiger partial charge on any atom is -0.507 e. The fraction of sp³-hybridized carbons (Fsp3) is 0.138. The molecule has 4 aromatic carbocycles. The number of carbonyl (C=O) groups is 1. The molecule has 1 atom stereocenters. The first-order chi connectivity index (χ1) is 16.4. The molecule has 0 aliphatic heterocycles. The summed E-state index contributed by atoms with van der Waals surface area (Å²) in [6.07, 6.45) is 0.128. The van der Waals surface area contributed by atoms with Crippen molar-refractivity contribution < 1.29 is 14.1 Å². The van der Waals surface area contributed by atoms with Gasteiger partial charge in [0, 0.05) is 33.9 Å². The molecule has 0 saturated carbocycles. The molecule has 0 radical (unpaired) electrons. The average molecular weight is 470 g/mol. The molecule has 1 unspecified atom stereocenters. The van der Waals surface area contributed by atoms with Gasteiger partial charge < -0.3 is 10.4 Å². The zero-order chi connectivity index (χ0) is 24.1. The Balaban J connectivity index is 1.60. The van der Waals surface area contributed by atoms with Crippen molar-refractivity contribution in [1.82, 2.24) is 0 Å². The second-order valence-electron chi connectivity index (χ2n) is 8.21. The van der Waals surface area contributed by atoms with Gasteiger partial charge in [-0.05, 0) is 48.2 Å². The molecule has 1 amide bonds. The first-order valence-corrected chi connectivity index (χ1v) is 12.5. The van der Waals surface area contributed by atoms with Crippen LogP contribution in [0.3, 0.4) is 0 Å². The number of nitrogens with one attached hydrogen (secondary N) is 1. The van der Waals surface area contributed by atoms with E-state index in [4.69, 9.17) is 0 Å². The average Bonchev–Trinajstić information content (AvgIpc) is 2.86. The molecule has 4 rings (SSSR count). The van der Waals surface area contributed by atoms with Gasteiger partial charge in [-0.1, -0.05) is 78.9 Å². The van der Waals surface area contributed by atoms with Gasteiger partial charge in [-0.25, -0.2) is 0 Å². The highest BCUT2D eigenvalue weighted by Crippen LogP contribution is 2.40. The van der Waals surface area contributed by atoms with Gasteiger partial charge in [0.25, 0.3) is 0 Å². The summed E-state index contributed by atoms with van der Waals surface area (Å²) in [5.41, 5.74) is 5.70. The number of hydrogen-bond acceptors (Lipinski definition) is 3. The van der Waals surface area contributed by atoms with Gasteiger partial charge >= 0.3 is 0 Å². The number of benzene rings is 4. The van der Waals surface area contributed by atoms with Crippen LogP contribution in [0.15, 0.2) is 95.9 Å². The van der Waals surface area contributed by atoms with E-state index in [2.05, 4.69) is 5.32 Å². The van der Waals surface area contributed by atoms with Gasteiger partial charge in [-0.3, -0.25) is 9.00 Å². The van der Waals surface area contributed by atoms with Crippen molar-refractivity contribution in [3.8, 4) is 28.0 Å². The fourth-order valence-corrected chi connectivity index (χ4v) is 5.04. The Hall–Kier alpha value is -3.70. The molecule has 0 saturated heterocycles. The second-order valence-corrected chi connectivity index (χ2v) is 9.78. The van der Waals surface area contributed by atoms with Crippen molar-refractivity contribution in [2.45, 2.75) is 25.2 Å². The van der Waals surface area contributed by atoms with Crippen LogP contribution >= 0.6 is 0 Å². The quantitative estimate of drug-likeness (QED) is 0.326. The van der Waals surface area contributed by atoms with Crippen LogP contribution in [0.2, 0.25) is 0 Å². The van der Waals surface area contributed by atoms with E-state index >= 15 is 0 Å². The number of carbonyl (C=O) groups excluding carboxylic acids is 1. The lowest BCUT2D eigenvalue weighted by molar-refractivity contribution is -0.115. The number of para-hydroxylation sites is 1. The molecule has 172 valence electrons. The van der Waals surface area contributed by atoms with Gasteiger partial charge in [-0.15, -0.1) is 0 Å². The molecule has 0 bridgehead atoms. The molecule has 0 heterocycles. The van der Waals surface area contributed by atoms with Crippen LogP contribution in [-0.4, -0.2) is 21.0 Å². The minimum atomic E-state index is -1.42. The number of anilines is 1. The standard InChI is InChI=1S/C29H27NO3S/c1-20-10-9-11-21(2)28(20)30-27(31)16-17-34(33)24-18-25(22-12-5-3-6-13-22)29(32)26(19-24)23-14-7-4-8-15-23/h3-15,18-19,32H,16-17H2,1-2H3,(H,30,31). The lowest BCUT2D eigenvalue weighted by Crippen LogP contribution is -2.16. The monoisotopic (exact) mass is 469 g/mol. The Morgan fingerprint density at radius 1 is 0.794 bits per heavy atom. The number of phenolic OH excluding ortho intramolecular Hbond substituents is 1. The highest BCUT2D eigenvalue weighted by atomic mass is 32.2. The van der Waals surface area contributed by atoms with Gasteiger partial charge in [0.2, 0.25) is 5.91 Å². The van der Waals surface area contributed by atoms with Crippen molar-refractivity contribution in [1.29, 1.82) is 0 Å². The van der Waals surface area contributed by atoms with Crippen LogP contribution < -0.4 is 5.32 Å². The first kappa shape index (κ1) is 23.5. The smallest absolute Gasteiger partial charge is 0.225 e. The molecule has 0 aromatic heterocycles. The van der Waals surface area contributed by atoms with E-state index in [-0.39, 0.29) is 23.8 Å². The van der Waals surface area contributed by atoms with E-state index in [0.29, 0.717) is 16.0 Å². The second kappa shape index (κ2) is 10.5. The van der Waals surface area contributed by atoms with Crippen molar-refractivity contribution in [2.75, 3.05) is 11.1 Å². The molecule has 5 heteroatoms. The van der Waals surface area contributed by atoms with Gasteiger partial charge in [-0.2, -0.15) is 0 Å². The van der Waals surface area contributed by atoms with Gasteiger partial charge in [0.05, 0.1) is 10.8 Å². The van der Waals surface area contributed by atoms with Crippen LogP contribution in [-0.2, 0) is 15.6 Å². The van der Waals surface area contributed by atoms with Crippen molar-refractivity contribution >= 4 is 22.4 Å². The predicted molar refractivity (Wildman–Crippen MR) is 139 cm³/mol. The Morgan fingerprint density at radius 2 is 1.29 bits per heavy atom. The summed E-state index contributed by atoms with van der Waals surface area (Å²) in [6, 6.07) is 28.5. The SMILES string of the molecule is Cc1cccc(C)c1NC(=O)CCS(=O)c1cc(-c2ccccc2)c(O)c(-c2ccccc2)c1. The Kier molecular flexibility index (Phi) is 7.24. The molecule has 0 aliphatic rings. The Morgan fingerprint density at radius 3 is 1.79 bits per heavy atom. The summed E-state index contributed by atoms with van der Waals surface area (Å²) in [6.45, 7) is 3.90. The summed E-state index contributed by atoms with van der Waals surface area (Å²) < 4.78 is 13.3. The predicted octanol–water partition coefficient (Wildman–Crippen LogP) is 6.48. The van der Waals surface area contributed by atoms with E-state index in [1.54, 1.807) is 12.1 Å².